The maximum absolute atomic E-state index is 12.8. The van der Waals surface area contributed by atoms with Gasteiger partial charge in [-0.15, -0.1) is 0 Å². The number of anilines is 4. The van der Waals surface area contributed by atoms with Crippen molar-refractivity contribution in [2.45, 2.75) is 63.5 Å². The minimum Gasteiger partial charge on any atom is -0.365 e. The lowest BCUT2D eigenvalue weighted by atomic mass is 9.91. The number of aryl methyl sites for hydroxylation is 1. The minimum atomic E-state index is -0.609. The summed E-state index contributed by atoms with van der Waals surface area (Å²) in [6.45, 7) is 0.738. The highest BCUT2D eigenvalue weighted by atomic mass is 16.2. The van der Waals surface area contributed by atoms with Crippen molar-refractivity contribution in [1.82, 2.24) is 9.97 Å². The van der Waals surface area contributed by atoms with E-state index in [-0.39, 0.29) is 29.5 Å². The number of benzene rings is 1. The summed E-state index contributed by atoms with van der Waals surface area (Å²) in [6, 6.07) is 6.09. The van der Waals surface area contributed by atoms with Gasteiger partial charge in [0.1, 0.15) is 11.4 Å². The van der Waals surface area contributed by atoms with E-state index < -0.39 is 5.91 Å². The highest BCUT2D eigenvalue weighted by molar-refractivity contribution is 5.99. The fraction of sp³-hybridized carbons (Fsp3) is 0.500. The number of nitrogens with two attached hydrogens (primary N) is 2. The number of amides is 2. The molecule has 0 bridgehead atoms. The third-order valence-corrected chi connectivity index (χ3v) is 6.85. The molecule has 2 fully saturated rings. The van der Waals surface area contributed by atoms with Gasteiger partial charge in [0.25, 0.3) is 5.91 Å². The van der Waals surface area contributed by atoms with Crippen LogP contribution in [0.1, 0.15) is 60.9 Å². The zero-order valence-corrected chi connectivity index (χ0v) is 18.7. The molecule has 0 saturated heterocycles. The van der Waals surface area contributed by atoms with Gasteiger partial charge in [0.05, 0.1) is 0 Å². The number of nitrogens with one attached hydrogen (secondary N) is 2. The van der Waals surface area contributed by atoms with Crippen LogP contribution in [0.4, 0.5) is 23.1 Å². The molecular formula is C24H31N7O2. The maximum atomic E-state index is 12.8. The van der Waals surface area contributed by atoms with Crippen LogP contribution in [0.25, 0.3) is 0 Å². The molecule has 1 aliphatic heterocycles. The van der Waals surface area contributed by atoms with Crippen LogP contribution in [0.3, 0.4) is 0 Å². The fourth-order valence-electron chi connectivity index (χ4n) is 4.80. The number of rotatable bonds is 6. The number of hydrogen-bond acceptors (Lipinski definition) is 7. The first-order valence-electron chi connectivity index (χ1n) is 11.9. The summed E-state index contributed by atoms with van der Waals surface area (Å²) in [6.07, 6.45) is 9.48. The van der Waals surface area contributed by atoms with E-state index >= 15 is 0 Å². The van der Waals surface area contributed by atoms with Crippen LogP contribution in [0.2, 0.25) is 0 Å². The van der Waals surface area contributed by atoms with Gasteiger partial charge in [0.15, 0.2) is 0 Å². The van der Waals surface area contributed by atoms with Crippen LogP contribution >= 0.6 is 0 Å². The summed E-state index contributed by atoms with van der Waals surface area (Å²) < 4.78 is 0. The van der Waals surface area contributed by atoms with Crippen molar-refractivity contribution < 1.29 is 9.59 Å². The van der Waals surface area contributed by atoms with Crippen molar-refractivity contribution in [2.75, 3.05) is 22.1 Å². The quantitative estimate of drug-likeness (QED) is 0.532. The Kier molecular flexibility index (Phi) is 5.88. The Labute approximate surface area is 193 Å². The molecule has 2 heterocycles. The van der Waals surface area contributed by atoms with Gasteiger partial charge >= 0.3 is 0 Å². The summed E-state index contributed by atoms with van der Waals surface area (Å²) in [7, 11) is 0. The predicted molar refractivity (Wildman–Crippen MR) is 128 cm³/mol. The molecule has 2 aliphatic carbocycles. The number of nitrogens with zero attached hydrogens (tertiary/aromatic N) is 3. The Hall–Kier alpha value is -3.20. The highest BCUT2D eigenvalue weighted by Crippen LogP contribution is 2.37. The Balaban J connectivity index is 1.41. The monoisotopic (exact) mass is 449 g/mol. The molecule has 33 heavy (non-hydrogen) atoms. The molecule has 2 unspecified atom stereocenters. The van der Waals surface area contributed by atoms with Crippen LogP contribution in [0, 0.1) is 5.92 Å². The van der Waals surface area contributed by atoms with Gasteiger partial charge in [0.2, 0.25) is 11.9 Å². The lowest BCUT2D eigenvalue weighted by Crippen LogP contribution is -2.43. The lowest BCUT2D eigenvalue weighted by molar-refractivity contribution is -0.119. The largest absolute Gasteiger partial charge is 0.365 e. The Bertz CT molecular complexity index is 1070. The molecule has 0 spiro atoms. The second-order valence-electron chi connectivity index (χ2n) is 9.36. The zero-order chi connectivity index (χ0) is 22.9. The smallest absolute Gasteiger partial charge is 0.254 e. The topological polar surface area (TPSA) is 139 Å². The van der Waals surface area contributed by atoms with Crippen LogP contribution in [-0.2, 0) is 11.2 Å². The first-order valence-corrected chi connectivity index (χ1v) is 11.9. The molecule has 5 rings (SSSR count). The summed E-state index contributed by atoms with van der Waals surface area (Å²) in [5, 5.41) is 6.56. The number of fused-ring (bicyclic) bond motifs is 1. The van der Waals surface area contributed by atoms with Gasteiger partial charge in [-0.2, -0.15) is 4.98 Å². The highest BCUT2D eigenvalue weighted by Gasteiger charge is 2.35. The predicted octanol–water partition coefficient (Wildman–Crippen LogP) is 2.69. The first-order chi connectivity index (χ1) is 16.0. The Morgan fingerprint density at radius 1 is 1.09 bits per heavy atom. The molecular weight excluding hydrogens is 418 g/mol. The molecule has 2 atom stereocenters. The summed E-state index contributed by atoms with van der Waals surface area (Å²) in [5.41, 5.74) is 14.9. The van der Waals surface area contributed by atoms with E-state index in [1.54, 1.807) is 0 Å². The minimum absolute atomic E-state index is 0.0465. The number of hydrogen-bond donors (Lipinski definition) is 4. The Morgan fingerprint density at radius 2 is 1.91 bits per heavy atom. The van der Waals surface area contributed by atoms with Gasteiger partial charge < -0.3 is 27.0 Å². The van der Waals surface area contributed by atoms with Crippen LogP contribution in [-0.4, -0.2) is 40.4 Å². The SMILES string of the molecule is NC(=O)c1cnc(NC2CCCCC2N)nc1Nc1ccc2c(c1)N(C(=O)C1CC1)CCC2. The molecule has 6 N–H and O–H groups in total. The summed E-state index contributed by atoms with van der Waals surface area (Å²) in [5.74, 6) is 0.509. The lowest BCUT2D eigenvalue weighted by Gasteiger charge is -2.30. The molecule has 9 nitrogen and oxygen atoms in total. The average Bonchev–Trinajstić information content (AvgIpc) is 3.65. The van der Waals surface area contributed by atoms with E-state index in [1.807, 2.05) is 23.1 Å². The van der Waals surface area contributed by atoms with Crippen molar-refractivity contribution in [3.05, 3.63) is 35.5 Å². The van der Waals surface area contributed by atoms with E-state index in [0.29, 0.717) is 11.8 Å². The molecule has 2 amide bonds. The summed E-state index contributed by atoms with van der Waals surface area (Å²) in [4.78, 5) is 35.6. The van der Waals surface area contributed by atoms with E-state index in [1.165, 1.54) is 6.20 Å². The maximum Gasteiger partial charge on any atom is 0.254 e. The van der Waals surface area contributed by atoms with Crippen molar-refractivity contribution in [3.63, 3.8) is 0 Å². The number of primary amides is 1. The standard InChI is InChI=1S/C24H31N7O2/c25-18-5-1-2-6-19(18)29-24-27-13-17(21(26)32)22(30-24)28-16-10-9-14-4-3-11-31(20(14)12-16)23(33)15-7-8-15/h9-10,12-13,15,18-19H,1-8,11,25H2,(H2,26,32)(H2,27,28,29,30). The molecule has 0 radical (unpaired) electrons. The third kappa shape index (κ3) is 4.64. The number of aromatic nitrogens is 2. The molecule has 2 aromatic rings. The number of carbonyl (C=O) groups is 2. The molecule has 9 heteroatoms. The Morgan fingerprint density at radius 3 is 2.67 bits per heavy atom. The van der Waals surface area contributed by atoms with Crippen LogP contribution in [0.5, 0.6) is 0 Å². The summed E-state index contributed by atoms with van der Waals surface area (Å²) >= 11 is 0. The van der Waals surface area contributed by atoms with E-state index in [0.717, 1.165) is 74.8 Å². The zero-order valence-electron chi connectivity index (χ0n) is 18.7. The van der Waals surface area contributed by atoms with Crippen LogP contribution in [0.15, 0.2) is 24.4 Å². The van der Waals surface area contributed by atoms with Crippen molar-refractivity contribution in [1.29, 1.82) is 0 Å². The van der Waals surface area contributed by atoms with Crippen molar-refractivity contribution in [3.8, 4) is 0 Å². The van der Waals surface area contributed by atoms with Gasteiger partial charge in [-0.1, -0.05) is 18.9 Å². The van der Waals surface area contributed by atoms with Crippen LogP contribution < -0.4 is 27.0 Å². The van der Waals surface area contributed by atoms with E-state index in [9.17, 15) is 9.59 Å². The first kappa shape index (κ1) is 21.6. The average molecular weight is 450 g/mol. The molecule has 2 saturated carbocycles. The second-order valence-corrected chi connectivity index (χ2v) is 9.36. The molecule has 1 aromatic carbocycles. The second kappa shape index (κ2) is 8.97. The molecule has 174 valence electrons. The fourth-order valence-corrected chi connectivity index (χ4v) is 4.80. The van der Waals surface area contributed by atoms with Gasteiger partial charge in [-0.25, -0.2) is 4.98 Å². The number of carbonyl (C=O) groups excluding carboxylic acids is 2. The molecule has 3 aliphatic rings. The van der Waals surface area contributed by atoms with E-state index in [2.05, 4.69) is 20.6 Å². The van der Waals surface area contributed by atoms with Gasteiger partial charge in [-0.05, 0) is 56.2 Å². The van der Waals surface area contributed by atoms with Crippen molar-refractivity contribution >= 4 is 35.0 Å². The molecule has 1 aromatic heterocycles. The van der Waals surface area contributed by atoms with E-state index in [4.69, 9.17) is 11.5 Å². The normalized spacial score (nSPS) is 22.4. The van der Waals surface area contributed by atoms with Gasteiger partial charge in [0, 0.05) is 42.1 Å². The van der Waals surface area contributed by atoms with Gasteiger partial charge in [-0.3, -0.25) is 9.59 Å². The third-order valence-electron chi connectivity index (χ3n) is 6.85. The van der Waals surface area contributed by atoms with Crippen molar-refractivity contribution in [2.24, 2.45) is 17.4 Å².